The van der Waals surface area contributed by atoms with Gasteiger partial charge in [0.2, 0.25) is 0 Å². The molecular formula is C24H29FN6. The van der Waals surface area contributed by atoms with Crippen molar-refractivity contribution in [3.63, 3.8) is 0 Å². The second-order valence-corrected chi connectivity index (χ2v) is 8.02. The van der Waals surface area contributed by atoms with Gasteiger partial charge in [0.05, 0.1) is 12.0 Å². The van der Waals surface area contributed by atoms with E-state index < -0.39 is 0 Å². The summed E-state index contributed by atoms with van der Waals surface area (Å²) in [5, 5.41) is 6.83. The summed E-state index contributed by atoms with van der Waals surface area (Å²) in [5.41, 5.74) is 2.68. The summed E-state index contributed by atoms with van der Waals surface area (Å²) < 4.78 is 16.1. The van der Waals surface area contributed by atoms with Crippen LogP contribution in [0.3, 0.4) is 0 Å². The number of rotatable bonds is 6. The predicted molar refractivity (Wildman–Crippen MR) is 122 cm³/mol. The SMILES string of the molecule is CN=C(NCc1ccc(-n2ccnc2)c(F)c1)NC1CC(C)N(Cc2ccccc2)C1. The number of guanidine groups is 1. The minimum atomic E-state index is -0.276. The number of aliphatic imine (C=N–C) groups is 1. The van der Waals surface area contributed by atoms with Crippen LogP contribution in [0.1, 0.15) is 24.5 Å². The van der Waals surface area contributed by atoms with Crippen molar-refractivity contribution in [2.45, 2.75) is 38.5 Å². The van der Waals surface area contributed by atoms with Crippen LogP contribution >= 0.6 is 0 Å². The number of aromatic nitrogens is 2. The van der Waals surface area contributed by atoms with Crippen molar-refractivity contribution in [2.24, 2.45) is 4.99 Å². The zero-order valence-corrected chi connectivity index (χ0v) is 18.0. The maximum Gasteiger partial charge on any atom is 0.191 e. The van der Waals surface area contributed by atoms with Crippen molar-refractivity contribution < 1.29 is 4.39 Å². The van der Waals surface area contributed by atoms with Gasteiger partial charge in [0.15, 0.2) is 5.96 Å². The summed E-state index contributed by atoms with van der Waals surface area (Å²) in [5.74, 6) is 0.458. The molecule has 0 aliphatic carbocycles. The molecule has 1 fully saturated rings. The molecule has 4 rings (SSSR count). The Hall–Kier alpha value is -3.19. The van der Waals surface area contributed by atoms with E-state index in [-0.39, 0.29) is 5.82 Å². The lowest BCUT2D eigenvalue weighted by Gasteiger charge is -2.21. The second-order valence-electron chi connectivity index (χ2n) is 8.02. The zero-order chi connectivity index (χ0) is 21.6. The molecule has 0 saturated carbocycles. The van der Waals surface area contributed by atoms with Crippen LogP contribution in [-0.4, -0.2) is 46.1 Å². The van der Waals surface area contributed by atoms with E-state index in [1.54, 1.807) is 42.5 Å². The highest BCUT2D eigenvalue weighted by Crippen LogP contribution is 2.20. The largest absolute Gasteiger partial charge is 0.352 e. The summed E-state index contributed by atoms with van der Waals surface area (Å²) in [6.45, 7) is 4.68. The lowest BCUT2D eigenvalue weighted by molar-refractivity contribution is 0.258. The van der Waals surface area contributed by atoms with E-state index in [2.05, 4.69) is 56.7 Å². The summed E-state index contributed by atoms with van der Waals surface area (Å²) >= 11 is 0. The lowest BCUT2D eigenvalue weighted by Crippen LogP contribution is -2.44. The molecule has 2 N–H and O–H groups in total. The monoisotopic (exact) mass is 420 g/mol. The van der Waals surface area contributed by atoms with Gasteiger partial charge in [-0.25, -0.2) is 9.37 Å². The van der Waals surface area contributed by atoms with Crippen LogP contribution in [0.4, 0.5) is 4.39 Å². The van der Waals surface area contributed by atoms with E-state index in [4.69, 9.17) is 0 Å². The van der Waals surface area contributed by atoms with Crippen molar-refractivity contribution in [1.82, 2.24) is 25.1 Å². The van der Waals surface area contributed by atoms with Gasteiger partial charge in [-0.05, 0) is 36.6 Å². The summed E-state index contributed by atoms with van der Waals surface area (Å²) in [6.07, 6.45) is 6.01. The van der Waals surface area contributed by atoms with Crippen molar-refractivity contribution in [3.8, 4) is 5.69 Å². The minimum absolute atomic E-state index is 0.276. The molecule has 162 valence electrons. The molecule has 0 bridgehead atoms. The van der Waals surface area contributed by atoms with E-state index in [1.807, 2.05) is 12.1 Å². The number of hydrogen-bond donors (Lipinski definition) is 2. The number of hydrogen-bond acceptors (Lipinski definition) is 3. The molecule has 31 heavy (non-hydrogen) atoms. The van der Waals surface area contributed by atoms with Gasteiger partial charge in [-0.1, -0.05) is 36.4 Å². The normalized spacial score (nSPS) is 19.5. The Morgan fingerprint density at radius 2 is 2.03 bits per heavy atom. The molecule has 1 aliphatic heterocycles. The van der Waals surface area contributed by atoms with Gasteiger partial charge in [0.1, 0.15) is 5.82 Å². The number of likely N-dealkylation sites (tertiary alicyclic amines) is 1. The highest BCUT2D eigenvalue weighted by atomic mass is 19.1. The fourth-order valence-corrected chi connectivity index (χ4v) is 4.09. The van der Waals surface area contributed by atoms with Crippen molar-refractivity contribution in [2.75, 3.05) is 13.6 Å². The molecule has 0 spiro atoms. The molecular weight excluding hydrogens is 391 g/mol. The van der Waals surface area contributed by atoms with E-state index in [0.29, 0.717) is 24.3 Å². The van der Waals surface area contributed by atoms with E-state index in [1.165, 1.54) is 5.56 Å². The molecule has 2 unspecified atom stereocenters. The average molecular weight is 421 g/mol. The first-order valence-electron chi connectivity index (χ1n) is 10.6. The van der Waals surface area contributed by atoms with Gasteiger partial charge in [-0.3, -0.25) is 9.89 Å². The van der Waals surface area contributed by atoms with Crippen LogP contribution in [0.25, 0.3) is 5.69 Å². The fraction of sp³-hybridized carbons (Fsp3) is 0.333. The number of nitrogens with one attached hydrogen (secondary N) is 2. The number of benzene rings is 2. The zero-order valence-electron chi connectivity index (χ0n) is 18.0. The Kier molecular flexibility index (Phi) is 6.62. The van der Waals surface area contributed by atoms with Crippen LogP contribution in [0.2, 0.25) is 0 Å². The summed E-state index contributed by atoms with van der Waals surface area (Å²) in [7, 11) is 1.76. The fourth-order valence-electron chi connectivity index (χ4n) is 4.09. The second kappa shape index (κ2) is 9.75. The summed E-state index contributed by atoms with van der Waals surface area (Å²) in [4.78, 5) is 10.8. The van der Waals surface area contributed by atoms with Crippen LogP contribution in [0.15, 0.2) is 72.2 Å². The number of halogens is 1. The summed E-state index contributed by atoms with van der Waals surface area (Å²) in [6, 6.07) is 16.6. The third kappa shape index (κ3) is 5.30. The van der Waals surface area contributed by atoms with Gasteiger partial charge >= 0.3 is 0 Å². The molecule has 2 atom stereocenters. The molecule has 1 saturated heterocycles. The molecule has 2 heterocycles. The van der Waals surface area contributed by atoms with Gasteiger partial charge in [0, 0.05) is 51.2 Å². The lowest BCUT2D eigenvalue weighted by atomic mass is 10.2. The Morgan fingerprint density at radius 1 is 1.19 bits per heavy atom. The maximum atomic E-state index is 14.5. The maximum absolute atomic E-state index is 14.5. The first-order chi connectivity index (χ1) is 15.1. The van der Waals surface area contributed by atoms with Crippen LogP contribution < -0.4 is 10.6 Å². The molecule has 2 aromatic carbocycles. The standard InChI is InChI=1S/C24H29FN6/c1-18-12-21(16-31(18)15-19-6-4-3-5-7-19)29-24(26-2)28-14-20-8-9-23(22(25)13-20)30-11-10-27-17-30/h3-11,13,17-18,21H,12,14-16H2,1-2H3,(H2,26,28,29). The Bertz CT molecular complexity index is 1000. The van der Waals surface area contributed by atoms with Gasteiger partial charge < -0.3 is 15.2 Å². The van der Waals surface area contributed by atoms with E-state index in [9.17, 15) is 4.39 Å². The molecule has 1 aliphatic rings. The van der Waals surface area contributed by atoms with E-state index >= 15 is 0 Å². The van der Waals surface area contributed by atoms with E-state index in [0.717, 1.165) is 31.0 Å². The quantitative estimate of drug-likeness (QED) is 0.474. The number of nitrogens with zero attached hydrogens (tertiary/aromatic N) is 4. The molecule has 0 radical (unpaired) electrons. The number of imidazole rings is 1. The topological polar surface area (TPSA) is 57.5 Å². The molecule has 3 aromatic rings. The highest BCUT2D eigenvalue weighted by Gasteiger charge is 2.29. The van der Waals surface area contributed by atoms with Gasteiger partial charge in [-0.2, -0.15) is 0 Å². The average Bonchev–Trinajstić information content (AvgIpc) is 3.42. The Balaban J connectivity index is 1.30. The van der Waals surface area contributed by atoms with Gasteiger partial charge in [-0.15, -0.1) is 0 Å². The third-order valence-corrected chi connectivity index (χ3v) is 5.75. The highest BCUT2D eigenvalue weighted by molar-refractivity contribution is 5.80. The predicted octanol–water partition coefficient (Wildman–Crippen LogP) is 3.34. The molecule has 6 nitrogen and oxygen atoms in total. The van der Waals surface area contributed by atoms with Crippen molar-refractivity contribution in [1.29, 1.82) is 0 Å². The Labute approximate surface area is 182 Å². The Morgan fingerprint density at radius 3 is 2.74 bits per heavy atom. The molecule has 0 amide bonds. The smallest absolute Gasteiger partial charge is 0.191 e. The third-order valence-electron chi connectivity index (χ3n) is 5.75. The molecule has 7 heteroatoms. The molecule has 1 aromatic heterocycles. The first-order valence-corrected chi connectivity index (χ1v) is 10.6. The minimum Gasteiger partial charge on any atom is -0.352 e. The van der Waals surface area contributed by atoms with Crippen LogP contribution in [0.5, 0.6) is 0 Å². The first kappa shape index (κ1) is 21.1. The van der Waals surface area contributed by atoms with Crippen molar-refractivity contribution >= 4 is 5.96 Å². The van der Waals surface area contributed by atoms with Crippen molar-refractivity contribution in [3.05, 3.63) is 84.2 Å². The van der Waals surface area contributed by atoms with Crippen LogP contribution in [0, 0.1) is 5.82 Å². The van der Waals surface area contributed by atoms with Gasteiger partial charge in [0.25, 0.3) is 0 Å². The van der Waals surface area contributed by atoms with Crippen LogP contribution in [-0.2, 0) is 13.1 Å².